The summed E-state index contributed by atoms with van der Waals surface area (Å²) in [5, 5.41) is 8.85. The summed E-state index contributed by atoms with van der Waals surface area (Å²) in [6.45, 7) is 0. The van der Waals surface area contributed by atoms with Crippen LogP contribution in [-0.2, 0) is 0 Å². The summed E-state index contributed by atoms with van der Waals surface area (Å²) in [4.78, 5) is 42.7. The summed E-state index contributed by atoms with van der Waals surface area (Å²) in [6.07, 6.45) is 0. The van der Waals surface area contributed by atoms with Crippen LogP contribution >= 0.6 is 34.0 Å². The molecule has 24 rings (SSSR count). The Bertz CT molecular complexity index is 8170. The quantitative estimate of drug-likeness (QED) is 0.110. The molecule has 0 aliphatic rings. The maximum atomic E-state index is 6.69. The van der Waals surface area contributed by atoms with E-state index < -0.39 is 0 Å². The number of thiophene rings is 3. The number of hydrogen-bond donors (Lipinski definition) is 0. The maximum Gasteiger partial charge on any atom is 0.180 e. The van der Waals surface area contributed by atoms with E-state index in [1.807, 2.05) is 96.3 Å². The van der Waals surface area contributed by atoms with Crippen molar-refractivity contribution in [1.82, 2.24) is 39.9 Å². The first-order valence-electron chi connectivity index (χ1n) is 39.5. The van der Waals surface area contributed by atoms with Crippen LogP contribution in [0, 0.1) is 0 Å². The van der Waals surface area contributed by atoms with Crippen LogP contribution in [-0.4, -0.2) is 39.9 Å². The van der Waals surface area contributed by atoms with Gasteiger partial charge in [0.15, 0.2) is 34.5 Å². The molecule has 9 aromatic heterocycles. The van der Waals surface area contributed by atoms with Crippen LogP contribution in [0.3, 0.4) is 0 Å². The molecule has 0 saturated carbocycles. The molecule has 10 nitrogen and oxygen atoms in total. The van der Waals surface area contributed by atoms with Gasteiger partial charge in [-0.25, -0.2) is 39.9 Å². The summed E-state index contributed by atoms with van der Waals surface area (Å²) in [7, 11) is 0. The average molecular weight is 1570 g/mol. The van der Waals surface area contributed by atoms with Crippen molar-refractivity contribution in [1.29, 1.82) is 0 Å². The van der Waals surface area contributed by atoms with Gasteiger partial charge in [0.25, 0.3) is 0 Å². The number of furan rings is 2. The fourth-order valence-electron chi connectivity index (χ4n) is 17.1. The number of rotatable bonds is 13. The Kier molecular flexibility index (Phi) is 16.0. The normalized spacial score (nSPS) is 11.9. The number of fused-ring (bicyclic) bond motifs is 15. The van der Waals surface area contributed by atoms with Crippen molar-refractivity contribution in [2.75, 3.05) is 0 Å². The van der Waals surface area contributed by atoms with E-state index in [0.717, 1.165) is 187 Å². The third-order valence-corrected chi connectivity index (χ3v) is 26.4. The molecule has 0 amide bonds. The Morgan fingerprint density at radius 2 is 0.580 bits per heavy atom. The van der Waals surface area contributed by atoms with Gasteiger partial charge in [0.05, 0.1) is 22.8 Å². The second-order valence-electron chi connectivity index (χ2n) is 29.9. The predicted octanol–water partition coefficient (Wildman–Crippen LogP) is 29.4. The van der Waals surface area contributed by atoms with E-state index in [1.165, 1.54) is 29.6 Å². The number of benzene rings is 15. The molecule has 0 N–H and O–H groups in total. The number of aromatic nitrogens is 8. The van der Waals surface area contributed by atoms with E-state index in [0.29, 0.717) is 34.5 Å². The smallest absolute Gasteiger partial charge is 0.180 e. The second kappa shape index (κ2) is 27.8. The minimum Gasteiger partial charge on any atom is -0.452 e. The van der Waals surface area contributed by atoms with Crippen molar-refractivity contribution in [2.45, 2.75) is 0 Å². The molecule has 554 valence electrons. The fourth-order valence-corrected chi connectivity index (χ4v) is 20.9. The van der Waals surface area contributed by atoms with E-state index in [1.54, 1.807) is 22.7 Å². The van der Waals surface area contributed by atoms with Crippen LogP contribution in [0.1, 0.15) is 0 Å². The first-order chi connectivity index (χ1) is 58.9. The Hall–Kier alpha value is -15.1. The van der Waals surface area contributed by atoms with Crippen molar-refractivity contribution < 1.29 is 8.83 Å². The molecule has 0 radical (unpaired) electrons. The minimum absolute atomic E-state index is 0.617. The molecule has 15 aromatic carbocycles. The number of para-hydroxylation sites is 2. The van der Waals surface area contributed by atoms with Crippen LogP contribution in [0.15, 0.2) is 373 Å². The summed E-state index contributed by atoms with van der Waals surface area (Å²) in [6, 6.07) is 128. The third kappa shape index (κ3) is 11.6. The lowest BCUT2D eigenvalue weighted by atomic mass is 9.97. The molecule has 0 aliphatic carbocycles. The largest absolute Gasteiger partial charge is 0.452 e. The standard InChI is InChI=1S/C106H60N8O2S3/c1-5-23-63(24-6-1)83-59-84(64-25-7-2-8-26-64)109-105(108-83)81-41-22-46-90-93(81)80-39-19-35-72(101(80)117-90)62-49-53-68(54-50-62)104-111-95(99-96(113-104)77-33-13-15-43-87(77)116-99)66-51-47-61(48-52-66)69-55-56-74-75-37-18-36-73(100(75)119-91(74)58-69)70-31-17-32-71(57-70)85-60-86(110-103(107-85)67-29-11-4-12-30-67)76-38-21-45-89-92(76)79-40-20-42-82(102(79)118-89)106-112-94(65-27-9-3-10-28-65)98-97(114-106)78-34-14-16-44-88(78)115-98/h1-60H. The first kappa shape index (κ1) is 68.3. The Morgan fingerprint density at radius 1 is 0.193 bits per heavy atom. The van der Waals surface area contributed by atoms with E-state index in [9.17, 15) is 0 Å². The van der Waals surface area contributed by atoms with Gasteiger partial charge in [-0.15, -0.1) is 34.0 Å². The Labute approximate surface area is 692 Å². The molecule has 0 aliphatic heterocycles. The Morgan fingerprint density at radius 3 is 1.24 bits per heavy atom. The van der Waals surface area contributed by atoms with Gasteiger partial charge in [0, 0.05) is 127 Å². The predicted molar refractivity (Wildman–Crippen MR) is 493 cm³/mol. The molecule has 0 spiro atoms. The van der Waals surface area contributed by atoms with Gasteiger partial charge >= 0.3 is 0 Å². The lowest BCUT2D eigenvalue weighted by Gasteiger charge is -2.12. The highest BCUT2D eigenvalue weighted by molar-refractivity contribution is 7.27. The molecular formula is C106H60N8O2S3. The van der Waals surface area contributed by atoms with Crippen LogP contribution < -0.4 is 0 Å². The molecule has 119 heavy (non-hydrogen) atoms. The van der Waals surface area contributed by atoms with Gasteiger partial charge < -0.3 is 8.83 Å². The third-order valence-electron chi connectivity index (χ3n) is 22.8. The topological polar surface area (TPSA) is 129 Å². The van der Waals surface area contributed by atoms with Crippen molar-refractivity contribution in [3.8, 4) is 146 Å². The maximum absolute atomic E-state index is 6.69. The molecular weight excluding hydrogens is 1510 g/mol. The van der Waals surface area contributed by atoms with Crippen molar-refractivity contribution in [3.05, 3.63) is 364 Å². The SMILES string of the molecule is c1ccc(-c2cc(-c3ccccc3)nc(-c3cccc4sc5c(-c6ccc(-c7nc(-c8ccc(-c9ccc%10c(c9)sc9c(-c%11cccc(-c%12cc(-c%13cccc%14sc%15c(-c%16nc(-c%17ccccc%17)c%17oc%18ccccc%18c%17n%16)cccc%15c%13%14)nc(-c%13ccccc%13)n%12)c%11)cccc9%10)cc8)c8oc9ccccc9c8n7)cc6)cccc5c34)n2)cc1. The summed E-state index contributed by atoms with van der Waals surface area (Å²) >= 11 is 5.38. The summed E-state index contributed by atoms with van der Waals surface area (Å²) in [5.41, 5.74) is 25.8. The van der Waals surface area contributed by atoms with E-state index >= 15 is 0 Å². The molecule has 13 heteroatoms. The van der Waals surface area contributed by atoms with E-state index in [2.05, 4.69) is 279 Å². The van der Waals surface area contributed by atoms with Crippen molar-refractivity contribution >= 4 is 139 Å². The van der Waals surface area contributed by atoms with Gasteiger partial charge in [0.2, 0.25) is 0 Å². The summed E-state index contributed by atoms with van der Waals surface area (Å²) < 4.78 is 20.2. The minimum atomic E-state index is 0.617. The number of hydrogen-bond acceptors (Lipinski definition) is 13. The molecule has 24 aromatic rings. The van der Waals surface area contributed by atoms with Crippen LogP contribution in [0.2, 0.25) is 0 Å². The van der Waals surface area contributed by atoms with Gasteiger partial charge in [-0.3, -0.25) is 0 Å². The molecule has 9 heterocycles. The van der Waals surface area contributed by atoms with Crippen LogP contribution in [0.5, 0.6) is 0 Å². The van der Waals surface area contributed by atoms with Crippen LogP contribution in [0.25, 0.3) is 251 Å². The van der Waals surface area contributed by atoms with Crippen molar-refractivity contribution in [2.24, 2.45) is 0 Å². The van der Waals surface area contributed by atoms with Crippen LogP contribution in [0.4, 0.5) is 0 Å². The zero-order valence-corrected chi connectivity index (χ0v) is 65.7. The van der Waals surface area contributed by atoms with Gasteiger partial charge in [-0.05, 0) is 100 Å². The monoisotopic (exact) mass is 1570 g/mol. The van der Waals surface area contributed by atoms with Gasteiger partial charge in [0.1, 0.15) is 33.6 Å². The lowest BCUT2D eigenvalue weighted by Crippen LogP contribution is -1.96. The average Bonchev–Trinajstić information content (AvgIpc) is 1.60. The molecule has 0 saturated heterocycles. The second-order valence-corrected chi connectivity index (χ2v) is 33.0. The highest BCUT2D eigenvalue weighted by Gasteiger charge is 2.26. The van der Waals surface area contributed by atoms with E-state index in [-0.39, 0.29) is 0 Å². The zero-order chi connectivity index (χ0) is 78.2. The highest BCUT2D eigenvalue weighted by Crippen LogP contribution is 2.50. The molecule has 0 atom stereocenters. The van der Waals surface area contributed by atoms with E-state index in [4.69, 9.17) is 48.7 Å². The van der Waals surface area contributed by atoms with Crippen molar-refractivity contribution in [3.63, 3.8) is 0 Å². The van der Waals surface area contributed by atoms with Gasteiger partial charge in [-0.1, -0.05) is 297 Å². The lowest BCUT2D eigenvalue weighted by molar-refractivity contribution is 0.667. The first-order valence-corrected chi connectivity index (χ1v) is 41.9. The molecule has 0 bridgehead atoms. The summed E-state index contributed by atoms with van der Waals surface area (Å²) in [5.74, 6) is 2.60. The van der Waals surface area contributed by atoms with Gasteiger partial charge in [-0.2, -0.15) is 0 Å². The molecule has 0 fully saturated rings. The Balaban J connectivity index is 0.545. The highest BCUT2D eigenvalue weighted by atomic mass is 32.1. The number of nitrogens with zero attached hydrogens (tertiary/aromatic N) is 8. The molecule has 0 unspecified atom stereocenters. The fraction of sp³-hybridized carbons (Fsp3) is 0. The zero-order valence-electron chi connectivity index (χ0n) is 63.3.